The summed E-state index contributed by atoms with van der Waals surface area (Å²) in [6.45, 7) is 2.79. The van der Waals surface area contributed by atoms with Crippen molar-refractivity contribution in [2.24, 2.45) is 5.92 Å². The molecule has 7 heteroatoms. The Morgan fingerprint density at radius 2 is 2.12 bits per heavy atom. The van der Waals surface area contributed by atoms with Gasteiger partial charge in [0.1, 0.15) is 0 Å². The van der Waals surface area contributed by atoms with Gasteiger partial charge in [0.05, 0.1) is 5.92 Å². The monoisotopic (exact) mass is 329 g/mol. The summed E-state index contributed by atoms with van der Waals surface area (Å²) in [7, 11) is 0. The molecule has 1 atom stereocenters. The number of aromatic nitrogens is 2. The van der Waals surface area contributed by atoms with E-state index in [1.807, 2.05) is 31.2 Å². The van der Waals surface area contributed by atoms with Crippen molar-refractivity contribution in [1.82, 2.24) is 15.0 Å². The molecule has 3 rings (SSSR count). The van der Waals surface area contributed by atoms with Crippen molar-refractivity contribution >= 4 is 11.9 Å². The van der Waals surface area contributed by atoms with Gasteiger partial charge in [-0.25, -0.2) is 0 Å². The molecule has 0 saturated carbocycles. The van der Waals surface area contributed by atoms with Gasteiger partial charge in [0, 0.05) is 31.5 Å². The van der Waals surface area contributed by atoms with E-state index in [4.69, 9.17) is 9.63 Å². The molecule has 0 spiro atoms. The zero-order valence-electron chi connectivity index (χ0n) is 13.4. The third kappa shape index (κ3) is 3.45. The Labute approximate surface area is 139 Å². The van der Waals surface area contributed by atoms with Crippen LogP contribution in [0.1, 0.15) is 24.7 Å². The maximum atomic E-state index is 11.8. The second kappa shape index (κ2) is 6.82. The van der Waals surface area contributed by atoms with Gasteiger partial charge in [-0.15, -0.1) is 0 Å². The van der Waals surface area contributed by atoms with Gasteiger partial charge in [0.25, 0.3) is 5.89 Å². The number of carbonyl (C=O) groups excluding carboxylic acids is 1. The van der Waals surface area contributed by atoms with E-state index in [1.54, 1.807) is 4.90 Å². The van der Waals surface area contributed by atoms with E-state index in [-0.39, 0.29) is 12.3 Å². The number of nitrogens with zero attached hydrogens (tertiary/aromatic N) is 3. The zero-order chi connectivity index (χ0) is 17.1. The molecule has 1 saturated heterocycles. The number of aryl methyl sites for hydroxylation is 1. The highest BCUT2D eigenvalue weighted by molar-refractivity contribution is 5.86. The summed E-state index contributed by atoms with van der Waals surface area (Å²) in [4.78, 5) is 28.7. The predicted molar refractivity (Wildman–Crippen MR) is 85.1 cm³/mol. The summed E-state index contributed by atoms with van der Waals surface area (Å²) in [5, 5.41) is 12.9. The average Bonchev–Trinajstić information content (AvgIpc) is 3.20. The molecule has 126 valence electrons. The van der Waals surface area contributed by atoms with E-state index < -0.39 is 11.9 Å². The lowest BCUT2D eigenvalue weighted by atomic mass is 10.1. The number of rotatable bonds is 6. The standard InChI is InChI=1S/C17H19N3O4/c1-2-14-18-16(24-19-14)12-5-3-11(4-6-12)7-8-20-10-13(17(22)23)9-15(20)21/h3-6,13H,2,7-10H2,1H3,(H,22,23). The van der Waals surface area contributed by atoms with E-state index >= 15 is 0 Å². The molecule has 1 aliphatic rings. The van der Waals surface area contributed by atoms with Gasteiger partial charge in [-0.2, -0.15) is 4.98 Å². The van der Waals surface area contributed by atoms with Crippen molar-refractivity contribution in [1.29, 1.82) is 0 Å². The SMILES string of the molecule is CCc1noc(-c2ccc(CCN3CC(C(=O)O)CC3=O)cc2)n1. The summed E-state index contributed by atoms with van der Waals surface area (Å²) < 4.78 is 5.20. The van der Waals surface area contributed by atoms with Gasteiger partial charge in [-0.1, -0.05) is 24.2 Å². The van der Waals surface area contributed by atoms with E-state index in [1.165, 1.54) is 0 Å². The summed E-state index contributed by atoms with van der Waals surface area (Å²) in [6, 6.07) is 7.74. The first-order valence-electron chi connectivity index (χ1n) is 7.99. The minimum Gasteiger partial charge on any atom is -0.481 e. The van der Waals surface area contributed by atoms with Crippen LogP contribution in [0.4, 0.5) is 0 Å². The van der Waals surface area contributed by atoms with Crippen LogP contribution in [0.5, 0.6) is 0 Å². The molecule has 1 fully saturated rings. The summed E-state index contributed by atoms with van der Waals surface area (Å²) in [6.07, 6.45) is 1.51. The first-order valence-corrected chi connectivity index (χ1v) is 7.99. The third-order valence-electron chi connectivity index (χ3n) is 4.22. The number of hydrogen-bond donors (Lipinski definition) is 1. The molecular weight excluding hydrogens is 310 g/mol. The lowest BCUT2D eigenvalue weighted by molar-refractivity contribution is -0.141. The van der Waals surface area contributed by atoms with Gasteiger partial charge >= 0.3 is 5.97 Å². The number of benzene rings is 1. The second-order valence-corrected chi connectivity index (χ2v) is 5.90. The fourth-order valence-electron chi connectivity index (χ4n) is 2.75. The largest absolute Gasteiger partial charge is 0.481 e. The Morgan fingerprint density at radius 3 is 2.71 bits per heavy atom. The molecule has 0 aliphatic carbocycles. The van der Waals surface area contributed by atoms with Crippen LogP contribution in [-0.2, 0) is 22.4 Å². The lowest BCUT2D eigenvalue weighted by Gasteiger charge is -2.15. The maximum absolute atomic E-state index is 11.8. The van der Waals surface area contributed by atoms with Crippen molar-refractivity contribution in [2.75, 3.05) is 13.1 Å². The molecule has 1 aliphatic heterocycles. The van der Waals surface area contributed by atoms with Crippen LogP contribution in [0.15, 0.2) is 28.8 Å². The number of likely N-dealkylation sites (tertiary alicyclic amines) is 1. The van der Waals surface area contributed by atoms with Crippen molar-refractivity contribution < 1.29 is 19.2 Å². The van der Waals surface area contributed by atoms with Crippen LogP contribution in [0, 0.1) is 5.92 Å². The van der Waals surface area contributed by atoms with Crippen LogP contribution in [-0.4, -0.2) is 45.1 Å². The van der Waals surface area contributed by atoms with Crippen LogP contribution in [0.25, 0.3) is 11.5 Å². The molecule has 2 heterocycles. The van der Waals surface area contributed by atoms with Gasteiger partial charge in [-0.3, -0.25) is 9.59 Å². The Balaban J connectivity index is 1.58. The van der Waals surface area contributed by atoms with Gasteiger partial charge in [0.2, 0.25) is 5.91 Å². The molecule has 2 aromatic rings. The number of hydrogen-bond acceptors (Lipinski definition) is 5. The lowest BCUT2D eigenvalue weighted by Crippen LogP contribution is -2.28. The van der Waals surface area contributed by atoms with Crippen molar-refractivity contribution in [3.8, 4) is 11.5 Å². The predicted octanol–water partition coefficient (Wildman–Crippen LogP) is 1.77. The van der Waals surface area contributed by atoms with Crippen LogP contribution in [0.3, 0.4) is 0 Å². The minimum absolute atomic E-state index is 0.0861. The summed E-state index contributed by atoms with van der Waals surface area (Å²) in [5.41, 5.74) is 1.93. The summed E-state index contributed by atoms with van der Waals surface area (Å²) in [5.74, 6) is -0.393. The Morgan fingerprint density at radius 1 is 1.38 bits per heavy atom. The Hall–Kier alpha value is -2.70. The molecule has 1 aromatic carbocycles. The first-order chi connectivity index (χ1) is 11.6. The molecule has 7 nitrogen and oxygen atoms in total. The molecule has 0 bridgehead atoms. The minimum atomic E-state index is -0.902. The molecule has 1 amide bonds. The van der Waals surface area contributed by atoms with Crippen LogP contribution < -0.4 is 0 Å². The molecular formula is C17H19N3O4. The van der Waals surface area contributed by atoms with Gasteiger partial charge < -0.3 is 14.5 Å². The molecule has 1 unspecified atom stereocenters. The van der Waals surface area contributed by atoms with E-state index in [0.29, 0.717) is 31.2 Å². The van der Waals surface area contributed by atoms with Gasteiger partial charge in [0.15, 0.2) is 5.82 Å². The Kier molecular flexibility index (Phi) is 4.59. The van der Waals surface area contributed by atoms with E-state index in [9.17, 15) is 9.59 Å². The quantitative estimate of drug-likeness (QED) is 0.867. The maximum Gasteiger partial charge on any atom is 0.308 e. The number of amides is 1. The number of carboxylic acids is 1. The fraction of sp³-hybridized carbons (Fsp3) is 0.412. The first kappa shape index (κ1) is 16.2. The van der Waals surface area contributed by atoms with E-state index in [2.05, 4.69) is 10.1 Å². The van der Waals surface area contributed by atoms with E-state index in [0.717, 1.165) is 17.5 Å². The average molecular weight is 329 g/mol. The van der Waals surface area contributed by atoms with Gasteiger partial charge in [-0.05, 0) is 24.1 Å². The normalized spacial score (nSPS) is 17.5. The van der Waals surface area contributed by atoms with Crippen molar-refractivity contribution in [3.63, 3.8) is 0 Å². The highest BCUT2D eigenvalue weighted by atomic mass is 16.5. The fourth-order valence-corrected chi connectivity index (χ4v) is 2.75. The number of carbonyl (C=O) groups is 2. The summed E-state index contributed by atoms with van der Waals surface area (Å²) >= 11 is 0. The number of aliphatic carboxylic acids is 1. The Bertz CT molecular complexity index is 739. The molecule has 0 radical (unpaired) electrons. The van der Waals surface area contributed by atoms with Crippen LogP contribution >= 0.6 is 0 Å². The molecule has 24 heavy (non-hydrogen) atoms. The molecule has 1 aromatic heterocycles. The number of carboxylic acid groups (broad SMARTS) is 1. The van der Waals surface area contributed by atoms with Crippen LogP contribution in [0.2, 0.25) is 0 Å². The topological polar surface area (TPSA) is 96.5 Å². The third-order valence-corrected chi connectivity index (χ3v) is 4.22. The zero-order valence-corrected chi connectivity index (χ0v) is 13.4. The smallest absolute Gasteiger partial charge is 0.308 e. The highest BCUT2D eigenvalue weighted by Gasteiger charge is 2.33. The molecule has 1 N–H and O–H groups in total. The highest BCUT2D eigenvalue weighted by Crippen LogP contribution is 2.20. The second-order valence-electron chi connectivity index (χ2n) is 5.90. The van der Waals surface area contributed by atoms with Crippen molar-refractivity contribution in [3.05, 3.63) is 35.7 Å². The van der Waals surface area contributed by atoms with Crippen molar-refractivity contribution in [2.45, 2.75) is 26.2 Å².